The third kappa shape index (κ3) is 2.52. The second-order valence-corrected chi connectivity index (χ2v) is 5.17. The van der Waals surface area contributed by atoms with Crippen molar-refractivity contribution in [1.29, 1.82) is 0 Å². The number of nitrogens with two attached hydrogens (primary N) is 1. The average Bonchev–Trinajstić information content (AvgIpc) is 2.63. The molecule has 2 aromatic rings. The van der Waals surface area contributed by atoms with Crippen molar-refractivity contribution in [2.75, 3.05) is 11.1 Å². The lowest BCUT2D eigenvalue weighted by molar-refractivity contribution is 0.102. The van der Waals surface area contributed by atoms with E-state index in [0.717, 1.165) is 11.3 Å². The molecule has 106 valence electrons. The maximum absolute atomic E-state index is 12.4. The number of aromatic nitrogens is 2. The van der Waals surface area contributed by atoms with Gasteiger partial charge < -0.3 is 11.1 Å². The van der Waals surface area contributed by atoms with Crippen molar-refractivity contribution in [1.82, 2.24) is 9.78 Å². The van der Waals surface area contributed by atoms with Crippen molar-refractivity contribution < 1.29 is 4.79 Å². The van der Waals surface area contributed by atoms with E-state index >= 15 is 0 Å². The Bertz CT molecular complexity index is 643. The third-order valence-corrected chi connectivity index (χ3v) is 3.32. The van der Waals surface area contributed by atoms with Crippen LogP contribution >= 0.6 is 0 Å². The highest BCUT2D eigenvalue weighted by molar-refractivity contribution is 6.08. The highest BCUT2D eigenvalue weighted by Crippen LogP contribution is 2.25. The fourth-order valence-electron chi connectivity index (χ4n) is 2.26. The summed E-state index contributed by atoms with van der Waals surface area (Å²) < 4.78 is 1.51. The molecule has 20 heavy (non-hydrogen) atoms. The summed E-state index contributed by atoms with van der Waals surface area (Å²) in [6.07, 6.45) is 0. The Labute approximate surface area is 118 Å². The first-order chi connectivity index (χ1) is 9.41. The van der Waals surface area contributed by atoms with Crippen LogP contribution in [0, 0.1) is 6.92 Å². The number of carbonyl (C=O) groups excluding carboxylic acids is 1. The van der Waals surface area contributed by atoms with E-state index in [2.05, 4.69) is 24.3 Å². The first-order valence-electron chi connectivity index (χ1n) is 6.61. The van der Waals surface area contributed by atoms with Crippen LogP contribution in [-0.2, 0) is 7.05 Å². The zero-order valence-corrected chi connectivity index (χ0v) is 12.3. The van der Waals surface area contributed by atoms with Crippen LogP contribution in [0.25, 0.3) is 0 Å². The maximum Gasteiger partial charge on any atom is 0.261 e. The second-order valence-electron chi connectivity index (χ2n) is 5.17. The van der Waals surface area contributed by atoms with Crippen LogP contribution in [0.15, 0.2) is 24.3 Å². The van der Waals surface area contributed by atoms with Crippen LogP contribution < -0.4 is 11.1 Å². The third-order valence-electron chi connectivity index (χ3n) is 3.32. The number of nitrogen functional groups attached to an aromatic ring is 1. The summed E-state index contributed by atoms with van der Waals surface area (Å²) in [6.45, 7) is 5.96. The van der Waals surface area contributed by atoms with Crippen LogP contribution in [-0.4, -0.2) is 15.7 Å². The number of hydrogen-bond donors (Lipinski definition) is 2. The van der Waals surface area contributed by atoms with Gasteiger partial charge in [-0.25, -0.2) is 0 Å². The van der Waals surface area contributed by atoms with E-state index in [1.54, 1.807) is 14.0 Å². The first-order valence-corrected chi connectivity index (χ1v) is 6.61. The number of rotatable bonds is 3. The van der Waals surface area contributed by atoms with Crippen LogP contribution in [0.5, 0.6) is 0 Å². The van der Waals surface area contributed by atoms with Gasteiger partial charge in [0.1, 0.15) is 11.4 Å². The number of benzene rings is 1. The molecule has 0 aliphatic rings. The molecule has 0 saturated heterocycles. The summed E-state index contributed by atoms with van der Waals surface area (Å²) in [7, 11) is 1.72. The van der Waals surface area contributed by atoms with Gasteiger partial charge in [-0.05, 0) is 24.5 Å². The molecule has 5 nitrogen and oxygen atoms in total. The predicted molar refractivity (Wildman–Crippen MR) is 80.8 cm³/mol. The van der Waals surface area contributed by atoms with Crippen LogP contribution in [0.2, 0.25) is 0 Å². The second kappa shape index (κ2) is 5.36. The van der Waals surface area contributed by atoms with Gasteiger partial charge in [-0.15, -0.1) is 0 Å². The molecule has 1 heterocycles. The van der Waals surface area contributed by atoms with Crippen molar-refractivity contribution in [3.63, 3.8) is 0 Å². The van der Waals surface area contributed by atoms with Gasteiger partial charge in [-0.2, -0.15) is 5.10 Å². The summed E-state index contributed by atoms with van der Waals surface area (Å²) in [6, 6.07) is 7.78. The molecule has 0 fully saturated rings. The molecule has 0 saturated carbocycles. The number of hydrogen-bond acceptors (Lipinski definition) is 3. The molecule has 1 aromatic heterocycles. The maximum atomic E-state index is 12.4. The zero-order chi connectivity index (χ0) is 14.9. The fourth-order valence-corrected chi connectivity index (χ4v) is 2.26. The van der Waals surface area contributed by atoms with Gasteiger partial charge in [0, 0.05) is 12.7 Å². The molecular weight excluding hydrogens is 252 g/mol. The van der Waals surface area contributed by atoms with E-state index < -0.39 is 0 Å². The average molecular weight is 272 g/mol. The summed E-state index contributed by atoms with van der Waals surface area (Å²) in [5, 5.41) is 7.09. The van der Waals surface area contributed by atoms with Crippen molar-refractivity contribution in [3.8, 4) is 0 Å². The molecule has 0 radical (unpaired) electrons. The van der Waals surface area contributed by atoms with Gasteiger partial charge in [-0.3, -0.25) is 9.48 Å². The molecule has 0 unspecified atom stereocenters. The number of anilines is 2. The van der Waals surface area contributed by atoms with Crippen LogP contribution in [0.3, 0.4) is 0 Å². The highest BCUT2D eigenvalue weighted by atomic mass is 16.1. The largest absolute Gasteiger partial charge is 0.383 e. The zero-order valence-electron chi connectivity index (χ0n) is 12.3. The smallest absolute Gasteiger partial charge is 0.261 e. The molecule has 5 heteroatoms. The van der Waals surface area contributed by atoms with Gasteiger partial charge in [-0.1, -0.05) is 32.0 Å². The lowest BCUT2D eigenvalue weighted by atomic mass is 10.0. The van der Waals surface area contributed by atoms with E-state index in [0.29, 0.717) is 23.0 Å². The van der Waals surface area contributed by atoms with Gasteiger partial charge in [0.25, 0.3) is 5.91 Å². The Balaban J connectivity index is 2.33. The minimum atomic E-state index is -0.221. The Morgan fingerprint density at radius 2 is 2.00 bits per heavy atom. The van der Waals surface area contributed by atoms with E-state index in [-0.39, 0.29) is 5.91 Å². The summed E-state index contributed by atoms with van der Waals surface area (Å²) in [5.74, 6) is 0.488. The number of nitrogens with one attached hydrogen (secondary N) is 1. The molecule has 0 aliphatic heterocycles. The Morgan fingerprint density at radius 1 is 1.35 bits per heavy atom. The molecule has 3 N–H and O–H groups in total. The van der Waals surface area contributed by atoms with Gasteiger partial charge in [0.2, 0.25) is 0 Å². The fraction of sp³-hybridized carbons (Fsp3) is 0.333. The normalized spacial score (nSPS) is 10.8. The topological polar surface area (TPSA) is 72.9 Å². The number of nitrogens with zero attached hydrogens (tertiary/aromatic N) is 2. The van der Waals surface area contributed by atoms with E-state index in [1.807, 2.05) is 24.3 Å². The standard InChI is InChI=1S/C15H20N4O/c1-9(2)11-7-5-6-8-12(11)17-15(20)13-10(3)18-19(4)14(13)16/h5-9H,16H2,1-4H3,(H,17,20). The lowest BCUT2D eigenvalue weighted by Gasteiger charge is -2.13. The SMILES string of the molecule is Cc1nn(C)c(N)c1C(=O)Nc1ccccc1C(C)C. The molecule has 1 aromatic carbocycles. The van der Waals surface area contributed by atoms with Crippen molar-refractivity contribution in [2.45, 2.75) is 26.7 Å². The molecule has 0 atom stereocenters. The van der Waals surface area contributed by atoms with E-state index in [1.165, 1.54) is 4.68 Å². The molecule has 0 aliphatic carbocycles. The van der Waals surface area contributed by atoms with Crippen molar-refractivity contribution >= 4 is 17.4 Å². The van der Waals surface area contributed by atoms with Crippen molar-refractivity contribution in [2.24, 2.45) is 7.05 Å². The lowest BCUT2D eigenvalue weighted by Crippen LogP contribution is -2.16. The Hall–Kier alpha value is -2.30. The first kappa shape index (κ1) is 14.1. The Kier molecular flexibility index (Phi) is 3.79. The number of carbonyl (C=O) groups is 1. The van der Waals surface area contributed by atoms with Gasteiger partial charge in [0.05, 0.1) is 5.69 Å². The Morgan fingerprint density at radius 3 is 2.55 bits per heavy atom. The molecular formula is C15H20N4O. The highest BCUT2D eigenvalue weighted by Gasteiger charge is 2.19. The quantitative estimate of drug-likeness (QED) is 0.902. The number of amides is 1. The summed E-state index contributed by atoms with van der Waals surface area (Å²) >= 11 is 0. The molecule has 1 amide bonds. The van der Waals surface area contributed by atoms with Crippen LogP contribution in [0.1, 0.15) is 41.4 Å². The van der Waals surface area contributed by atoms with Gasteiger partial charge >= 0.3 is 0 Å². The monoisotopic (exact) mass is 272 g/mol. The van der Waals surface area contributed by atoms with E-state index in [9.17, 15) is 4.79 Å². The predicted octanol–water partition coefficient (Wildman–Crippen LogP) is 2.69. The summed E-state index contributed by atoms with van der Waals surface area (Å²) in [5.41, 5.74) is 8.87. The van der Waals surface area contributed by atoms with Crippen LogP contribution in [0.4, 0.5) is 11.5 Å². The minimum absolute atomic E-state index is 0.221. The minimum Gasteiger partial charge on any atom is -0.383 e. The van der Waals surface area contributed by atoms with Crippen molar-refractivity contribution in [3.05, 3.63) is 41.1 Å². The summed E-state index contributed by atoms with van der Waals surface area (Å²) in [4.78, 5) is 12.4. The molecule has 2 rings (SSSR count). The number of para-hydroxylation sites is 1. The molecule has 0 spiro atoms. The van der Waals surface area contributed by atoms with E-state index in [4.69, 9.17) is 5.73 Å². The molecule has 0 bridgehead atoms. The van der Waals surface area contributed by atoms with Gasteiger partial charge in [0.15, 0.2) is 0 Å². The number of aryl methyl sites for hydroxylation is 2.